The third-order valence-corrected chi connectivity index (χ3v) is 2.69. The summed E-state index contributed by atoms with van der Waals surface area (Å²) in [6.45, 7) is 5.92. The molecule has 13 heavy (non-hydrogen) atoms. The monoisotopic (exact) mass is 181 g/mol. The Kier molecular flexibility index (Phi) is 4.27. The number of nitrogens with zero attached hydrogens (tertiary/aromatic N) is 1. The number of aliphatic hydroxyl groups is 1. The van der Waals surface area contributed by atoms with E-state index in [0.717, 1.165) is 32.4 Å². The molecule has 0 unspecified atom stereocenters. The quantitative estimate of drug-likeness (QED) is 0.648. The second-order valence-electron chi connectivity index (χ2n) is 3.75. The summed E-state index contributed by atoms with van der Waals surface area (Å²) in [6, 6.07) is 0.613. The van der Waals surface area contributed by atoms with Crippen LogP contribution in [0.4, 0.5) is 0 Å². The summed E-state index contributed by atoms with van der Waals surface area (Å²) < 4.78 is 0. The van der Waals surface area contributed by atoms with Crippen molar-refractivity contribution in [2.75, 3.05) is 13.1 Å². The van der Waals surface area contributed by atoms with Crippen LogP contribution in [0.2, 0.25) is 0 Å². The zero-order chi connectivity index (χ0) is 9.68. The molecule has 2 nitrogen and oxygen atoms in total. The summed E-state index contributed by atoms with van der Waals surface area (Å²) in [5.74, 6) is 5.95. The van der Waals surface area contributed by atoms with Gasteiger partial charge >= 0.3 is 0 Å². The summed E-state index contributed by atoms with van der Waals surface area (Å²) in [7, 11) is 0. The van der Waals surface area contributed by atoms with Crippen molar-refractivity contribution in [3.8, 4) is 11.8 Å². The van der Waals surface area contributed by atoms with E-state index in [1.807, 2.05) is 6.92 Å². The van der Waals surface area contributed by atoms with Crippen LogP contribution in [0.3, 0.4) is 0 Å². The molecule has 0 aromatic carbocycles. The highest BCUT2D eigenvalue weighted by Crippen LogP contribution is 2.16. The number of rotatable bonds is 2. The van der Waals surface area contributed by atoms with Crippen molar-refractivity contribution in [3.05, 3.63) is 0 Å². The maximum absolute atomic E-state index is 9.48. The smallest absolute Gasteiger partial charge is 0.0667 e. The first-order valence-electron chi connectivity index (χ1n) is 5.05. The fraction of sp³-hybridized carbons (Fsp3) is 0.818. The highest BCUT2D eigenvalue weighted by molar-refractivity contribution is 4.96. The maximum atomic E-state index is 9.48. The largest absolute Gasteiger partial charge is 0.392 e. The molecule has 0 aromatic heterocycles. The van der Waals surface area contributed by atoms with E-state index in [4.69, 9.17) is 0 Å². The van der Waals surface area contributed by atoms with E-state index < -0.39 is 0 Å². The van der Waals surface area contributed by atoms with Gasteiger partial charge in [0.1, 0.15) is 0 Å². The lowest BCUT2D eigenvalue weighted by Crippen LogP contribution is -2.44. The lowest BCUT2D eigenvalue weighted by molar-refractivity contribution is 0.0425. The van der Waals surface area contributed by atoms with Gasteiger partial charge in [0.2, 0.25) is 0 Å². The Morgan fingerprint density at radius 1 is 1.46 bits per heavy atom. The minimum Gasteiger partial charge on any atom is -0.392 e. The molecular weight excluding hydrogens is 162 g/mol. The maximum Gasteiger partial charge on any atom is 0.0667 e. The van der Waals surface area contributed by atoms with E-state index in [2.05, 4.69) is 23.7 Å². The van der Waals surface area contributed by atoms with Crippen molar-refractivity contribution in [1.29, 1.82) is 0 Å². The van der Waals surface area contributed by atoms with Gasteiger partial charge in [-0.2, -0.15) is 0 Å². The predicted octanol–water partition coefficient (Wildman–Crippen LogP) is 1.25. The minimum atomic E-state index is -0.120. The summed E-state index contributed by atoms with van der Waals surface area (Å²) >= 11 is 0. The Hall–Kier alpha value is -0.520. The summed E-state index contributed by atoms with van der Waals surface area (Å²) in [5.41, 5.74) is 0. The van der Waals surface area contributed by atoms with Crippen LogP contribution in [0.15, 0.2) is 0 Å². The molecule has 1 aliphatic rings. The fourth-order valence-electron chi connectivity index (χ4n) is 1.79. The number of hydrogen-bond donors (Lipinski definition) is 1. The molecule has 1 N–H and O–H groups in total. The molecule has 1 saturated heterocycles. The highest BCUT2D eigenvalue weighted by Gasteiger charge is 2.22. The molecular formula is C11H19NO. The topological polar surface area (TPSA) is 23.5 Å². The minimum absolute atomic E-state index is 0.120. The molecule has 0 aromatic rings. The van der Waals surface area contributed by atoms with Gasteiger partial charge in [-0.3, -0.25) is 4.90 Å². The molecule has 0 bridgehead atoms. The van der Waals surface area contributed by atoms with Crippen LogP contribution < -0.4 is 0 Å². The zero-order valence-corrected chi connectivity index (χ0v) is 8.58. The van der Waals surface area contributed by atoms with Gasteiger partial charge in [0.05, 0.1) is 6.10 Å². The van der Waals surface area contributed by atoms with Crippen molar-refractivity contribution in [3.63, 3.8) is 0 Å². The van der Waals surface area contributed by atoms with E-state index in [0.29, 0.717) is 6.04 Å². The molecule has 1 aliphatic heterocycles. The van der Waals surface area contributed by atoms with E-state index >= 15 is 0 Å². The lowest BCUT2D eigenvalue weighted by atomic mass is 10.0. The number of β-amino-alcohol motifs (C(OH)–C–C–N with tert-alkyl or cyclic N) is 1. The predicted molar refractivity (Wildman–Crippen MR) is 54.3 cm³/mol. The van der Waals surface area contributed by atoms with E-state index in [-0.39, 0.29) is 6.10 Å². The molecule has 1 fully saturated rings. The summed E-state index contributed by atoms with van der Waals surface area (Å²) in [4.78, 5) is 2.33. The van der Waals surface area contributed by atoms with Crippen LogP contribution >= 0.6 is 0 Å². The fourth-order valence-corrected chi connectivity index (χ4v) is 1.79. The molecule has 2 atom stereocenters. The normalized spacial score (nSPS) is 29.5. The van der Waals surface area contributed by atoms with E-state index in [9.17, 15) is 5.11 Å². The molecule has 0 saturated carbocycles. The van der Waals surface area contributed by atoms with Crippen LogP contribution in [-0.4, -0.2) is 35.2 Å². The van der Waals surface area contributed by atoms with Gasteiger partial charge in [0.25, 0.3) is 0 Å². The third kappa shape index (κ3) is 3.38. The van der Waals surface area contributed by atoms with Gasteiger partial charge in [-0.15, -0.1) is 11.8 Å². The number of hydrogen-bond acceptors (Lipinski definition) is 2. The molecule has 0 aliphatic carbocycles. The van der Waals surface area contributed by atoms with Gasteiger partial charge in [-0.25, -0.2) is 0 Å². The van der Waals surface area contributed by atoms with Crippen LogP contribution in [0.5, 0.6) is 0 Å². The Bertz CT molecular complexity index is 204. The lowest BCUT2D eigenvalue weighted by Gasteiger charge is -2.35. The van der Waals surface area contributed by atoms with Crippen molar-refractivity contribution < 1.29 is 5.11 Å². The van der Waals surface area contributed by atoms with Crippen molar-refractivity contribution >= 4 is 0 Å². The van der Waals surface area contributed by atoms with Crippen LogP contribution in [0.25, 0.3) is 0 Å². The van der Waals surface area contributed by atoms with Crippen LogP contribution in [0.1, 0.15) is 33.1 Å². The standard InChI is InChI=1S/C11H19NO/c1-3-4-5-8-12-9-11(13)7-6-10(12)2/h10-11,13H,5-9H2,1-2H3/t10-,11-/m1/s1. The number of aliphatic hydroxyl groups excluding tert-OH is 1. The third-order valence-electron chi connectivity index (χ3n) is 2.69. The average Bonchev–Trinajstić information content (AvgIpc) is 2.11. The van der Waals surface area contributed by atoms with Crippen molar-refractivity contribution in [2.45, 2.75) is 45.3 Å². The Labute approximate surface area is 80.9 Å². The Morgan fingerprint density at radius 3 is 2.92 bits per heavy atom. The van der Waals surface area contributed by atoms with Crippen molar-refractivity contribution in [1.82, 2.24) is 4.90 Å². The van der Waals surface area contributed by atoms with Crippen LogP contribution in [-0.2, 0) is 0 Å². The number of likely N-dealkylation sites (tertiary alicyclic amines) is 1. The van der Waals surface area contributed by atoms with Gasteiger partial charge in [0, 0.05) is 25.6 Å². The second kappa shape index (κ2) is 5.26. The zero-order valence-electron chi connectivity index (χ0n) is 8.58. The molecule has 1 rings (SSSR count). The van der Waals surface area contributed by atoms with Gasteiger partial charge in [-0.1, -0.05) is 0 Å². The summed E-state index contributed by atoms with van der Waals surface area (Å²) in [6.07, 6.45) is 2.87. The van der Waals surface area contributed by atoms with Crippen LogP contribution in [0, 0.1) is 11.8 Å². The molecule has 1 heterocycles. The molecule has 0 amide bonds. The molecule has 74 valence electrons. The molecule has 0 radical (unpaired) electrons. The SMILES string of the molecule is CC#CCCN1C[C@H](O)CC[C@H]1C. The first-order chi connectivity index (χ1) is 6.24. The van der Waals surface area contributed by atoms with Gasteiger partial charge in [-0.05, 0) is 26.7 Å². The van der Waals surface area contributed by atoms with E-state index in [1.165, 1.54) is 0 Å². The van der Waals surface area contributed by atoms with Gasteiger partial charge in [0.15, 0.2) is 0 Å². The average molecular weight is 181 g/mol. The van der Waals surface area contributed by atoms with Crippen molar-refractivity contribution in [2.24, 2.45) is 0 Å². The highest BCUT2D eigenvalue weighted by atomic mass is 16.3. The van der Waals surface area contributed by atoms with Gasteiger partial charge < -0.3 is 5.11 Å². The molecule has 2 heteroatoms. The first-order valence-corrected chi connectivity index (χ1v) is 5.05. The summed E-state index contributed by atoms with van der Waals surface area (Å²) in [5, 5.41) is 9.48. The molecule has 0 spiro atoms. The first kappa shape index (κ1) is 10.6. The Morgan fingerprint density at radius 2 is 2.23 bits per heavy atom. The Balaban J connectivity index is 2.31. The van der Waals surface area contributed by atoms with E-state index in [1.54, 1.807) is 0 Å². The second-order valence-corrected chi connectivity index (χ2v) is 3.75. The number of piperidine rings is 1.